The van der Waals surface area contributed by atoms with Gasteiger partial charge in [-0.05, 0) is 58.1 Å². The second-order valence-corrected chi connectivity index (χ2v) is 6.07. The first-order chi connectivity index (χ1) is 12.0. The summed E-state index contributed by atoms with van der Waals surface area (Å²) in [6, 6.07) is 9.35. The van der Waals surface area contributed by atoms with Crippen molar-refractivity contribution in [3.05, 3.63) is 58.0 Å². The summed E-state index contributed by atoms with van der Waals surface area (Å²) in [4.78, 5) is 23.8. The highest BCUT2D eigenvalue weighted by Gasteiger charge is 2.11. The number of anilines is 1. The first-order valence-electron chi connectivity index (χ1n) is 8.04. The van der Waals surface area contributed by atoms with Crippen molar-refractivity contribution >= 4 is 39.6 Å². The molecule has 0 radical (unpaired) electrons. The highest BCUT2D eigenvalue weighted by atomic mass is 79.9. The van der Waals surface area contributed by atoms with Gasteiger partial charge in [0.05, 0.1) is 0 Å². The molecular formula is C19H20BrNO4. The number of amides is 1. The van der Waals surface area contributed by atoms with Gasteiger partial charge in [0.25, 0.3) is 5.91 Å². The van der Waals surface area contributed by atoms with Gasteiger partial charge in [0, 0.05) is 11.8 Å². The van der Waals surface area contributed by atoms with E-state index in [-0.39, 0.29) is 12.5 Å². The lowest BCUT2D eigenvalue weighted by atomic mass is 10.0. The zero-order chi connectivity index (χ0) is 18.2. The van der Waals surface area contributed by atoms with Gasteiger partial charge in [0.2, 0.25) is 0 Å². The minimum absolute atomic E-state index is 0.341. The van der Waals surface area contributed by atoms with Crippen LogP contribution >= 0.6 is 15.9 Å². The van der Waals surface area contributed by atoms with Crippen molar-refractivity contribution in [2.24, 2.45) is 0 Å². The predicted octanol–water partition coefficient (Wildman–Crippen LogP) is 4.36. The average molecular weight is 406 g/mol. The molecule has 0 aliphatic heterocycles. The molecule has 2 aromatic rings. The molecule has 0 spiro atoms. The minimum Gasteiger partial charge on any atom is -0.452 e. The van der Waals surface area contributed by atoms with E-state index in [1.165, 1.54) is 12.2 Å². The Labute approximate surface area is 155 Å². The van der Waals surface area contributed by atoms with Crippen molar-refractivity contribution in [2.75, 3.05) is 11.9 Å². The van der Waals surface area contributed by atoms with Gasteiger partial charge in [-0.1, -0.05) is 32.0 Å². The number of nitrogens with one attached hydrogen (secondary N) is 1. The summed E-state index contributed by atoms with van der Waals surface area (Å²) in [6.07, 6.45) is 4.32. The second-order valence-electron chi connectivity index (χ2n) is 5.29. The SMILES string of the molecule is CCc1cccc(CC)c1NC(=O)COC(=O)/C=C/c1ccc(Br)o1. The van der Waals surface area contributed by atoms with Crippen LogP contribution < -0.4 is 5.32 Å². The minimum atomic E-state index is -0.609. The lowest BCUT2D eigenvalue weighted by molar-refractivity contribution is -0.142. The van der Waals surface area contributed by atoms with E-state index >= 15 is 0 Å². The molecule has 0 aliphatic rings. The second kappa shape index (κ2) is 9.22. The molecule has 132 valence electrons. The molecule has 1 heterocycles. The van der Waals surface area contributed by atoms with Crippen molar-refractivity contribution in [3.8, 4) is 0 Å². The van der Waals surface area contributed by atoms with E-state index in [4.69, 9.17) is 9.15 Å². The lowest BCUT2D eigenvalue weighted by Gasteiger charge is -2.14. The van der Waals surface area contributed by atoms with Gasteiger partial charge in [-0.3, -0.25) is 4.79 Å². The van der Waals surface area contributed by atoms with Gasteiger partial charge in [0.1, 0.15) is 5.76 Å². The van der Waals surface area contributed by atoms with E-state index in [2.05, 4.69) is 21.2 Å². The van der Waals surface area contributed by atoms with Crippen LogP contribution in [0.25, 0.3) is 6.08 Å². The van der Waals surface area contributed by atoms with Crippen LogP contribution in [0, 0.1) is 0 Å². The maximum absolute atomic E-state index is 12.1. The Balaban J connectivity index is 1.90. The molecule has 1 aromatic carbocycles. The summed E-state index contributed by atoms with van der Waals surface area (Å²) in [7, 11) is 0. The number of hydrogen-bond acceptors (Lipinski definition) is 4. The van der Waals surface area contributed by atoms with Crippen LogP contribution in [0.15, 0.2) is 45.5 Å². The van der Waals surface area contributed by atoms with Gasteiger partial charge in [-0.15, -0.1) is 0 Å². The van der Waals surface area contributed by atoms with Crippen molar-refractivity contribution in [2.45, 2.75) is 26.7 Å². The van der Waals surface area contributed by atoms with Gasteiger partial charge in [-0.25, -0.2) is 4.79 Å². The number of carbonyl (C=O) groups is 2. The molecule has 25 heavy (non-hydrogen) atoms. The monoisotopic (exact) mass is 405 g/mol. The fraction of sp³-hybridized carbons (Fsp3) is 0.263. The van der Waals surface area contributed by atoms with Crippen molar-refractivity contribution in [3.63, 3.8) is 0 Å². The smallest absolute Gasteiger partial charge is 0.331 e. The van der Waals surface area contributed by atoms with Gasteiger partial charge < -0.3 is 14.5 Å². The maximum Gasteiger partial charge on any atom is 0.331 e. The fourth-order valence-electron chi connectivity index (χ4n) is 2.33. The summed E-state index contributed by atoms with van der Waals surface area (Å²) >= 11 is 3.17. The van der Waals surface area contributed by atoms with Crippen LogP contribution in [0.4, 0.5) is 5.69 Å². The molecule has 1 N–H and O–H groups in total. The Morgan fingerprint density at radius 1 is 1.16 bits per heavy atom. The van der Waals surface area contributed by atoms with E-state index in [1.54, 1.807) is 12.1 Å². The van der Waals surface area contributed by atoms with Crippen molar-refractivity contribution in [1.82, 2.24) is 0 Å². The molecule has 0 atom stereocenters. The normalized spacial score (nSPS) is 10.8. The number of furan rings is 1. The Morgan fingerprint density at radius 2 is 1.84 bits per heavy atom. The Morgan fingerprint density at radius 3 is 2.40 bits per heavy atom. The van der Waals surface area contributed by atoms with Crippen LogP contribution in [0.2, 0.25) is 0 Å². The lowest BCUT2D eigenvalue weighted by Crippen LogP contribution is -2.21. The Hall–Kier alpha value is -2.34. The van der Waals surface area contributed by atoms with Crippen molar-refractivity contribution < 1.29 is 18.7 Å². The molecule has 0 unspecified atom stereocenters. The van der Waals surface area contributed by atoms with E-state index < -0.39 is 5.97 Å². The van der Waals surface area contributed by atoms with E-state index in [0.717, 1.165) is 29.7 Å². The van der Waals surface area contributed by atoms with E-state index in [9.17, 15) is 9.59 Å². The molecule has 0 aliphatic carbocycles. The van der Waals surface area contributed by atoms with Crippen LogP contribution in [0.1, 0.15) is 30.7 Å². The number of halogens is 1. The van der Waals surface area contributed by atoms with Crippen LogP contribution in [0.5, 0.6) is 0 Å². The maximum atomic E-state index is 12.1. The number of para-hydroxylation sites is 1. The number of esters is 1. The number of ether oxygens (including phenoxy) is 1. The standard InChI is InChI=1S/C19H20BrNO4/c1-3-13-6-5-7-14(4-2)19(13)21-17(22)12-24-18(23)11-9-15-8-10-16(20)25-15/h5-11H,3-4,12H2,1-2H3,(H,21,22)/b11-9+. The summed E-state index contributed by atoms with van der Waals surface area (Å²) in [5.74, 6) is -0.460. The number of benzene rings is 1. The summed E-state index contributed by atoms with van der Waals surface area (Å²) in [6.45, 7) is 3.72. The summed E-state index contributed by atoms with van der Waals surface area (Å²) in [5.41, 5.74) is 2.93. The molecule has 1 aromatic heterocycles. The van der Waals surface area contributed by atoms with Gasteiger partial charge >= 0.3 is 5.97 Å². The molecule has 1 amide bonds. The number of hydrogen-bond donors (Lipinski definition) is 1. The number of carbonyl (C=O) groups excluding carboxylic acids is 2. The molecule has 5 nitrogen and oxygen atoms in total. The third-order valence-electron chi connectivity index (χ3n) is 3.59. The summed E-state index contributed by atoms with van der Waals surface area (Å²) < 4.78 is 10.8. The molecule has 6 heteroatoms. The van der Waals surface area contributed by atoms with Crippen LogP contribution in [-0.4, -0.2) is 18.5 Å². The zero-order valence-electron chi connectivity index (χ0n) is 14.2. The first-order valence-corrected chi connectivity index (χ1v) is 8.83. The number of rotatable bonds is 7. The molecule has 0 saturated heterocycles. The number of aryl methyl sites for hydroxylation is 2. The highest BCUT2D eigenvalue weighted by molar-refractivity contribution is 9.10. The molecule has 0 fully saturated rings. The summed E-state index contributed by atoms with van der Waals surface area (Å²) in [5, 5.41) is 2.85. The van der Waals surface area contributed by atoms with Crippen molar-refractivity contribution in [1.29, 1.82) is 0 Å². The van der Waals surface area contributed by atoms with E-state index in [0.29, 0.717) is 10.4 Å². The van der Waals surface area contributed by atoms with Gasteiger partial charge in [0.15, 0.2) is 11.3 Å². The van der Waals surface area contributed by atoms with E-state index in [1.807, 2.05) is 32.0 Å². The largest absolute Gasteiger partial charge is 0.452 e. The predicted molar refractivity (Wildman–Crippen MR) is 100 cm³/mol. The third-order valence-corrected chi connectivity index (χ3v) is 4.01. The third kappa shape index (κ3) is 5.60. The topological polar surface area (TPSA) is 68.5 Å². The molecule has 2 rings (SSSR count). The van der Waals surface area contributed by atoms with Crippen LogP contribution in [-0.2, 0) is 27.2 Å². The highest BCUT2D eigenvalue weighted by Crippen LogP contribution is 2.22. The molecular weight excluding hydrogens is 386 g/mol. The Kier molecular flexibility index (Phi) is 7.01. The quantitative estimate of drug-likeness (QED) is 0.548. The first kappa shape index (κ1) is 19.0. The fourth-order valence-corrected chi connectivity index (χ4v) is 2.65. The van der Waals surface area contributed by atoms with Gasteiger partial charge in [-0.2, -0.15) is 0 Å². The molecule has 0 bridgehead atoms. The zero-order valence-corrected chi connectivity index (χ0v) is 15.8. The van der Waals surface area contributed by atoms with Crippen LogP contribution in [0.3, 0.4) is 0 Å². The Bertz CT molecular complexity index is 757. The average Bonchev–Trinajstić information content (AvgIpc) is 3.03. The molecule has 0 saturated carbocycles.